The zero-order valence-corrected chi connectivity index (χ0v) is 20.9. The van der Waals surface area contributed by atoms with E-state index in [-0.39, 0.29) is 0 Å². The van der Waals surface area contributed by atoms with Crippen LogP contribution in [0.4, 0.5) is 5.69 Å². The van der Waals surface area contributed by atoms with Crippen LogP contribution in [0.5, 0.6) is 11.5 Å². The summed E-state index contributed by atoms with van der Waals surface area (Å²) in [5.41, 5.74) is 1.74. The van der Waals surface area contributed by atoms with Gasteiger partial charge in [-0.1, -0.05) is 19.1 Å². The van der Waals surface area contributed by atoms with Crippen LogP contribution < -0.4 is 9.46 Å². The molecule has 0 unspecified atom stereocenters. The second-order valence-corrected chi connectivity index (χ2v) is 11.2. The van der Waals surface area contributed by atoms with Crippen LogP contribution in [0.3, 0.4) is 0 Å². The SMILES string of the molecule is CCC(=O)N(CC1CC1)C1CCN(Cc2ccc(Oc3ccc(NS(C)(=O)=O)cc3)cc2)CC1. The Morgan fingerprint density at radius 2 is 1.59 bits per heavy atom. The van der Waals surface area contributed by atoms with Gasteiger partial charge in [0.05, 0.1) is 6.26 Å². The van der Waals surface area contributed by atoms with E-state index in [0.29, 0.717) is 29.8 Å². The molecule has 1 aliphatic carbocycles. The number of nitrogens with zero attached hydrogens (tertiary/aromatic N) is 2. The van der Waals surface area contributed by atoms with E-state index in [0.717, 1.165) is 56.9 Å². The molecule has 2 aromatic carbocycles. The number of sulfonamides is 1. The van der Waals surface area contributed by atoms with Crippen LogP contribution in [-0.2, 0) is 21.4 Å². The normalized spacial score (nSPS) is 17.4. The Kier molecular flexibility index (Phi) is 7.78. The zero-order valence-electron chi connectivity index (χ0n) is 20.1. The minimum absolute atomic E-state index is 0.308. The predicted molar refractivity (Wildman–Crippen MR) is 134 cm³/mol. The molecule has 0 aromatic heterocycles. The number of hydrogen-bond donors (Lipinski definition) is 1. The molecular formula is C26H35N3O4S. The minimum Gasteiger partial charge on any atom is -0.457 e. The lowest BCUT2D eigenvalue weighted by Gasteiger charge is -2.38. The van der Waals surface area contributed by atoms with Gasteiger partial charge >= 0.3 is 0 Å². The molecule has 2 aliphatic rings. The fourth-order valence-corrected chi connectivity index (χ4v) is 5.05. The van der Waals surface area contributed by atoms with E-state index < -0.39 is 10.0 Å². The van der Waals surface area contributed by atoms with Gasteiger partial charge in [-0.2, -0.15) is 0 Å². The fourth-order valence-electron chi connectivity index (χ4n) is 4.49. The summed E-state index contributed by atoms with van der Waals surface area (Å²) >= 11 is 0. The van der Waals surface area contributed by atoms with Crippen molar-refractivity contribution in [2.45, 2.75) is 51.6 Å². The van der Waals surface area contributed by atoms with Gasteiger partial charge in [-0.3, -0.25) is 14.4 Å². The van der Waals surface area contributed by atoms with Crippen molar-refractivity contribution >= 4 is 21.6 Å². The molecule has 0 bridgehead atoms. The van der Waals surface area contributed by atoms with Crippen LogP contribution in [0.1, 0.15) is 44.6 Å². The van der Waals surface area contributed by atoms with Gasteiger partial charge in [0, 0.05) is 44.3 Å². The standard InChI is InChI=1S/C26H35N3O4S/c1-3-26(30)29(19-21-4-5-21)23-14-16-28(17-15-23)18-20-6-10-24(11-7-20)33-25-12-8-22(9-13-25)27-34(2,31)32/h6-13,21,23,27H,3-5,14-19H2,1-2H3. The second-order valence-electron chi connectivity index (χ2n) is 9.49. The molecule has 2 aromatic rings. The molecule has 1 amide bonds. The summed E-state index contributed by atoms with van der Waals surface area (Å²) in [4.78, 5) is 17.1. The average Bonchev–Trinajstić information content (AvgIpc) is 3.64. The van der Waals surface area contributed by atoms with Crippen molar-refractivity contribution in [3.63, 3.8) is 0 Å². The van der Waals surface area contributed by atoms with Gasteiger partial charge in [0.25, 0.3) is 0 Å². The number of rotatable bonds is 10. The molecule has 1 saturated heterocycles. The van der Waals surface area contributed by atoms with E-state index in [9.17, 15) is 13.2 Å². The third-order valence-electron chi connectivity index (χ3n) is 6.50. The Bertz CT molecular complexity index is 1060. The van der Waals surface area contributed by atoms with E-state index in [2.05, 4.69) is 26.7 Å². The molecular weight excluding hydrogens is 450 g/mol. The third kappa shape index (κ3) is 7.21. The Morgan fingerprint density at radius 3 is 2.12 bits per heavy atom. The van der Waals surface area contributed by atoms with Crippen molar-refractivity contribution in [2.24, 2.45) is 5.92 Å². The summed E-state index contributed by atoms with van der Waals surface area (Å²) in [6, 6.07) is 15.3. The van der Waals surface area contributed by atoms with Gasteiger partial charge in [-0.15, -0.1) is 0 Å². The van der Waals surface area contributed by atoms with Crippen LogP contribution in [0, 0.1) is 5.92 Å². The summed E-state index contributed by atoms with van der Waals surface area (Å²) < 4.78 is 31.0. The number of hydrogen-bond acceptors (Lipinski definition) is 5. The molecule has 8 heteroatoms. The van der Waals surface area contributed by atoms with Gasteiger partial charge < -0.3 is 9.64 Å². The van der Waals surface area contributed by atoms with Gasteiger partial charge in [-0.25, -0.2) is 8.42 Å². The molecule has 1 heterocycles. The average molecular weight is 486 g/mol. The summed E-state index contributed by atoms with van der Waals surface area (Å²) in [7, 11) is -3.29. The largest absolute Gasteiger partial charge is 0.457 e. The molecule has 0 radical (unpaired) electrons. The van der Waals surface area contributed by atoms with Crippen LogP contribution in [-0.4, -0.2) is 56.1 Å². The number of ether oxygens (including phenoxy) is 1. The lowest BCUT2D eigenvalue weighted by atomic mass is 10.0. The molecule has 7 nitrogen and oxygen atoms in total. The maximum atomic E-state index is 12.5. The molecule has 1 aliphatic heterocycles. The monoisotopic (exact) mass is 485 g/mol. The lowest BCUT2D eigenvalue weighted by molar-refractivity contribution is -0.134. The van der Waals surface area contributed by atoms with Gasteiger partial charge in [0.2, 0.25) is 15.9 Å². The second kappa shape index (κ2) is 10.8. The van der Waals surface area contributed by atoms with Crippen LogP contribution in [0.25, 0.3) is 0 Å². The summed E-state index contributed by atoms with van der Waals surface area (Å²) in [5, 5.41) is 0. The maximum Gasteiger partial charge on any atom is 0.229 e. The summed E-state index contributed by atoms with van der Waals surface area (Å²) in [6.07, 6.45) is 6.37. The summed E-state index contributed by atoms with van der Waals surface area (Å²) in [6.45, 7) is 5.83. The van der Waals surface area contributed by atoms with Crippen molar-refractivity contribution < 1.29 is 17.9 Å². The van der Waals surface area contributed by atoms with Gasteiger partial charge in [-0.05, 0) is 73.6 Å². The van der Waals surface area contributed by atoms with Crippen LogP contribution in [0.2, 0.25) is 0 Å². The smallest absolute Gasteiger partial charge is 0.229 e. The van der Waals surface area contributed by atoms with Crippen LogP contribution >= 0.6 is 0 Å². The highest BCUT2D eigenvalue weighted by Crippen LogP contribution is 2.32. The minimum atomic E-state index is -3.29. The van der Waals surface area contributed by atoms with Gasteiger partial charge in [0.1, 0.15) is 11.5 Å². The zero-order chi connectivity index (χ0) is 24.1. The molecule has 0 atom stereocenters. The van der Waals surface area contributed by atoms with Crippen molar-refractivity contribution in [2.75, 3.05) is 30.6 Å². The first-order valence-electron chi connectivity index (χ1n) is 12.2. The Labute approximate surface area is 203 Å². The highest BCUT2D eigenvalue weighted by molar-refractivity contribution is 7.92. The number of nitrogens with one attached hydrogen (secondary N) is 1. The van der Waals surface area contributed by atoms with Gasteiger partial charge in [0.15, 0.2) is 0 Å². The predicted octanol–water partition coefficient (Wildman–Crippen LogP) is 4.46. The van der Waals surface area contributed by atoms with Crippen molar-refractivity contribution in [1.29, 1.82) is 0 Å². The van der Waals surface area contributed by atoms with E-state index in [4.69, 9.17) is 4.74 Å². The molecule has 1 saturated carbocycles. The third-order valence-corrected chi connectivity index (χ3v) is 7.10. The first-order valence-corrected chi connectivity index (χ1v) is 14.0. The number of likely N-dealkylation sites (tertiary alicyclic amines) is 1. The quantitative estimate of drug-likeness (QED) is 0.537. The number of carbonyl (C=O) groups is 1. The molecule has 34 heavy (non-hydrogen) atoms. The molecule has 184 valence electrons. The molecule has 0 spiro atoms. The van der Waals surface area contributed by atoms with E-state index in [1.54, 1.807) is 24.3 Å². The first kappa shape index (κ1) is 24.5. The number of piperidine rings is 1. The van der Waals surface area contributed by atoms with Crippen molar-refractivity contribution in [1.82, 2.24) is 9.80 Å². The molecule has 1 N–H and O–H groups in total. The van der Waals surface area contributed by atoms with E-state index in [1.807, 2.05) is 19.1 Å². The highest BCUT2D eigenvalue weighted by atomic mass is 32.2. The number of anilines is 1. The van der Waals surface area contributed by atoms with E-state index >= 15 is 0 Å². The topological polar surface area (TPSA) is 79.0 Å². The number of benzene rings is 2. The lowest BCUT2D eigenvalue weighted by Crippen LogP contribution is -2.47. The Morgan fingerprint density at radius 1 is 1.00 bits per heavy atom. The molecule has 2 fully saturated rings. The number of carbonyl (C=O) groups excluding carboxylic acids is 1. The maximum absolute atomic E-state index is 12.5. The van der Waals surface area contributed by atoms with Crippen molar-refractivity contribution in [3.05, 3.63) is 54.1 Å². The molecule has 4 rings (SSSR count). The van der Waals surface area contributed by atoms with Crippen molar-refractivity contribution in [3.8, 4) is 11.5 Å². The number of amides is 1. The van der Waals surface area contributed by atoms with Crippen LogP contribution in [0.15, 0.2) is 48.5 Å². The Hall–Kier alpha value is -2.58. The summed E-state index contributed by atoms with van der Waals surface area (Å²) in [5.74, 6) is 2.42. The fraction of sp³-hybridized carbons (Fsp3) is 0.500. The van der Waals surface area contributed by atoms with E-state index in [1.165, 1.54) is 18.4 Å². The Balaban J connectivity index is 1.26. The first-order chi connectivity index (χ1) is 16.3. The highest BCUT2D eigenvalue weighted by Gasteiger charge is 2.32.